The third kappa shape index (κ3) is 3.68. The molecule has 16 heavy (non-hydrogen) atoms. The largest absolute Gasteiger partial charge is 0.466 e. The second kappa shape index (κ2) is 5.85. The van der Waals surface area contributed by atoms with Gasteiger partial charge in [0.1, 0.15) is 11.6 Å². The topological polar surface area (TPSA) is 65.2 Å². The predicted molar refractivity (Wildman–Crippen MR) is 58.9 cm³/mol. The van der Waals surface area contributed by atoms with E-state index in [0.29, 0.717) is 12.2 Å². The van der Waals surface area contributed by atoms with Gasteiger partial charge in [-0.2, -0.15) is 0 Å². The van der Waals surface area contributed by atoms with Crippen molar-refractivity contribution in [2.45, 2.75) is 13.3 Å². The molecule has 0 amide bonds. The Morgan fingerprint density at radius 2 is 2.44 bits per heavy atom. The highest BCUT2D eigenvalue weighted by Crippen LogP contribution is 2.12. The number of rotatable bonds is 4. The maximum Gasteiger partial charge on any atom is 0.309 e. The molecule has 0 atom stereocenters. The van der Waals surface area contributed by atoms with Gasteiger partial charge in [0.15, 0.2) is 0 Å². The van der Waals surface area contributed by atoms with Gasteiger partial charge < -0.3 is 10.5 Å². The third-order valence-corrected chi connectivity index (χ3v) is 1.80. The van der Waals surface area contributed by atoms with E-state index in [9.17, 15) is 9.18 Å². The highest BCUT2D eigenvalue weighted by Gasteiger charge is 2.00. The normalized spacial score (nSPS) is 10.6. The monoisotopic (exact) mass is 224 g/mol. The summed E-state index contributed by atoms with van der Waals surface area (Å²) in [5, 5.41) is 0. The van der Waals surface area contributed by atoms with Crippen molar-refractivity contribution in [3.05, 3.63) is 29.7 Å². The molecule has 1 rings (SSSR count). The van der Waals surface area contributed by atoms with Crippen LogP contribution < -0.4 is 5.73 Å². The van der Waals surface area contributed by atoms with Crippen molar-refractivity contribution in [1.29, 1.82) is 0 Å². The van der Waals surface area contributed by atoms with Gasteiger partial charge in [-0.05, 0) is 13.0 Å². The van der Waals surface area contributed by atoms with Crippen LogP contribution in [0.1, 0.15) is 18.9 Å². The molecule has 0 radical (unpaired) electrons. The summed E-state index contributed by atoms with van der Waals surface area (Å²) < 4.78 is 17.5. The fourth-order valence-corrected chi connectivity index (χ4v) is 1.10. The zero-order valence-electron chi connectivity index (χ0n) is 8.94. The van der Waals surface area contributed by atoms with Gasteiger partial charge in [-0.25, -0.2) is 9.37 Å². The molecule has 0 spiro atoms. The highest BCUT2D eigenvalue weighted by atomic mass is 19.1. The summed E-state index contributed by atoms with van der Waals surface area (Å²) >= 11 is 0. The molecule has 0 saturated heterocycles. The summed E-state index contributed by atoms with van der Waals surface area (Å²) in [5.41, 5.74) is 5.97. The van der Waals surface area contributed by atoms with Crippen LogP contribution in [0.2, 0.25) is 0 Å². The molecule has 0 unspecified atom stereocenters. The molecule has 2 N–H and O–H groups in total. The number of pyridine rings is 1. The van der Waals surface area contributed by atoms with Gasteiger partial charge in [0.05, 0.1) is 19.2 Å². The minimum atomic E-state index is -0.468. The number of nitrogens with two attached hydrogens (primary N) is 1. The Hall–Kier alpha value is -1.91. The fourth-order valence-electron chi connectivity index (χ4n) is 1.10. The van der Waals surface area contributed by atoms with Gasteiger partial charge in [0.25, 0.3) is 0 Å². The number of nitrogen functional groups attached to an aromatic ring is 1. The van der Waals surface area contributed by atoms with E-state index < -0.39 is 5.82 Å². The molecule has 1 heterocycles. The zero-order chi connectivity index (χ0) is 12.0. The van der Waals surface area contributed by atoms with E-state index in [1.165, 1.54) is 6.07 Å². The summed E-state index contributed by atoms with van der Waals surface area (Å²) in [6, 6.07) is 1.25. The first kappa shape index (κ1) is 12.2. The molecule has 5 heteroatoms. The van der Waals surface area contributed by atoms with Crippen LogP contribution in [0.3, 0.4) is 0 Å². The lowest BCUT2D eigenvalue weighted by Crippen LogP contribution is -2.01. The number of hydrogen-bond donors (Lipinski definition) is 1. The first-order chi connectivity index (χ1) is 7.63. The van der Waals surface area contributed by atoms with Gasteiger partial charge >= 0.3 is 5.97 Å². The first-order valence-electron chi connectivity index (χ1n) is 4.86. The smallest absolute Gasteiger partial charge is 0.309 e. The highest BCUT2D eigenvalue weighted by molar-refractivity contribution is 5.73. The second-order valence-corrected chi connectivity index (χ2v) is 3.04. The summed E-state index contributed by atoms with van der Waals surface area (Å²) in [5.74, 6) is -0.576. The Kier molecular flexibility index (Phi) is 4.44. The van der Waals surface area contributed by atoms with Gasteiger partial charge in [0, 0.05) is 5.56 Å². The molecule has 0 aliphatic heterocycles. The number of nitrogens with zero attached hydrogens (tertiary/aromatic N) is 1. The molecular weight excluding hydrogens is 211 g/mol. The SMILES string of the molecule is CCOC(=O)CC=Cc1cc(F)cnc1N. The lowest BCUT2D eigenvalue weighted by atomic mass is 10.2. The number of hydrogen-bond acceptors (Lipinski definition) is 4. The predicted octanol–water partition coefficient (Wildman–Crippen LogP) is 1.77. The molecular formula is C11H13FN2O2. The van der Waals surface area contributed by atoms with E-state index in [1.807, 2.05) is 0 Å². The summed E-state index contributed by atoms with van der Waals surface area (Å²) in [6.07, 6.45) is 4.27. The van der Waals surface area contributed by atoms with Crippen molar-refractivity contribution in [2.75, 3.05) is 12.3 Å². The second-order valence-electron chi connectivity index (χ2n) is 3.04. The maximum absolute atomic E-state index is 12.8. The Balaban J connectivity index is 2.62. The van der Waals surface area contributed by atoms with E-state index in [1.54, 1.807) is 19.1 Å². The van der Waals surface area contributed by atoms with Crippen molar-refractivity contribution in [3.8, 4) is 0 Å². The van der Waals surface area contributed by atoms with Crippen molar-refractivity contribution in [3.63, 3.8) is 0 Å². The summed E-state index contributed by atoms with van der Waals surface area (Å²) in [4.78, 5) is 14.6. The standard InChI is InChI=1S/C11H13FN2O2/c1-2-16-10(15)5-3-4-8-6-9(12)7-14-11(8)13/h3-4,6-7H,2,5H2,1H3,(H2,13,14). The molecule has 1 aromatic heterocycles. The quantitative estimate of drug-likeness (QED) is 0.791. The van der Waals surface area contributed by atoms with E-state index in [2.05, 4.69) is 4.98 Å². The van der Waals surface area contributed by atoms with Crippen molar-refractivity contribution in [2.24, 2.45) is 0 Å². The lowest BCUT2D eigenvalue weighted by molar-refractivity contribution is -0.142. The summed E-state index contributed by atoms with van der Waals surface area (Å²) in [6.45, 7) is 2.08. The Bertz CT molecular complexity index is 405. The van der Waals surface area contributed by atoms with E-state index >= 15 is 0 Å². The molecule has 0 saturated carbocycles. The van der Waals surface area contributed by atoms with Crippen LogP contribution in [0, 0.1) is 5.82 Å². The van der Waals surface area contributed by atoms with Crippen molar-refractivity contribution in [1.82, 2.24) is 4.98 Å². The van der Waals surface area contributed by atoms with Gasteiger partial charge in [-0.15, -0.1) is 0 Å². The first-order valence-corrected chi connectivity index (χ1v) is 4.86. The van der Waals surface area contributed by atoms with Gasteiger partial charge in [-0.3, -0.25) is 4.79 Å². The van der Waals surface area contributed by atoms with Crippen LogP contribution in [0.25, 0.3) is 6.08 Å². The Labute approximate surface area is 92.9 Å². The van der Waals surface area contributed by atoms with Crippen molar-refractivity contribution >= 4 is 17.9 Å². The maximum atomic E-state index is 12.8. The van der Waals surface area contributed by atoms with E-state index in [0.717, 1.165) is 6.20 Å². The zero-order valence-corrected chi connectivity index (χ0v) is 8.94. The lowest BCUT2D eigenvalue weighted by Gasteiger charge is -1.99. The van der Waals surface area contributed by atoms with Gasteiger partial charge in [-0.1, -0.05) is 12.2 Å². The van der Waals surface area contributed by atoms with E-state index in [4.69, 9.17) is 10.5 Å². The molecule has 0 aromatic carbocycles. The van der Waals surface area contributed by atoms with Crippen molar-refractivity contribution < 1.29 is 13.9 Å². The Morgan fingerprint density at radius 1 is 1.69 bits per heavy atom. The number of carbonyl (C=O) groups excluding carboxylic acids is 1. The number of anilines is 1. The number of carbonyl (C=O) groups is 1. The van der Waals surface area contributed by atoms with Crippen LogP contribution >= 0.6 is 0 Å². The molecule has 0 bridgehead atoms. The number of esters is 1. The van der Waals surface area contributed by atoms with Crippen LogP contribution in [0.4, 0.5) is 10.2 Å². The summed E-state index contributed by atoms with van der Waals surface area (Å²) in [7, 11) is 0. The molecule has 1 aromatic rings. The minimum absolute atomic E-state index is 0.129. The van der Waals surface area contributed by atoms with Crippen LogP contribution in [-0.4, -0.2) is 17.6 Å². The van der Waals surface area contributed by atoms with E-state index in [-0.39, 0.29) is 18.2 Å². The third-order valence-electron chi connectivity index (χ3n) is 1.80. The Morgan fingerprint density at radius 3 is 3.12 bits per heavy atom. The minimum Gasteiger partial charge on any atom is -0.466 e. The molecule has 4 nitrogen and oxygen atoms in total. The van der Waals surface area contributed by atoms with Crippen LogP contribution in [0.15, 0.2) is 18.3 Å². The van der Waals surface area contributed by atoms with Crippen LogP contribution in [-0.2, 0) is 9.53 Å². The molecule has 0 fully saturated rings. The molecule has 86 valence electrons. The average Bonchev–Trinajstić information content (AvgIpc) is 2.23. The fraction of sp³-hybridized carbons (Fsp3) is 0.273. The molecule has 0 aliphatic rings. The number of halogens is 1. The van der Waals surface area contributed by atoms with Crippen LogP contribution in [0.5, 0.6) is 0 Å². The number of ether oxygens (including phenoxy) is 1. The molecule has 0 aliphatic carbocycles. The average molecular weight is 224 g/mol. The van der Waals surface area contributed by atoms with Gasteiger partial charge in [0.2, 0.25) is 0 Å². The number of aromatic nitrogens is 1.